The Morgan fingerprint density at radius 2 is 2.00 bits per heavy atom. The normalized spacial score (nSPS) is 15.3. The molecule has 1 aliphatic carbocycles. The van der Waals surface area contributed by atoms with Crippen LogP contribution in [0, 0.1) is 5.92 Å². The van der Waals surface area contributed by atoms with Crippen LogP contribution in [0.15, 0.2) is 18.3 Å². The Balaban J connectivity index is 1.99. The van der Waals surface area contributed by atoms with Crippen molar-refractivity contribution in [2.24, 2.45) is 5.92 Å². The third kappa shape index (κ3) is 4.50. The van der Waals surface area contributed by atoms with E-state index in [0.717, 1.165) is 24.9 Å². The van der Waals surface area contributed by atoms with E-state index in [9.17, 15) is 0 Å². The Morgan fingerprint density at radius 1 is 1.26 bits per heavy atom. The quantitative estimate of drug-likeness (QED) is 0.817. The van der Waals surface area contributed by atoms with Crippen molar-refractivity contribution in [1.29, 1.82) is 0 Å². The molecular weight excluding hydrogens is 234 g/mol. The van der Waals surface area contributed by atoms with Crippen molar-refractivity contribution in [3.05, 3.63) is 23.9 Å². The standard InChI is InChI=1S/C16H27N3/c1-12(2)11-19(15-6-7-15)16-8-5-14(10-18-16)9-17-13(3)4/h5,8,10,12-13,15,17H,6-7,9,11H2,1-4H3. The van der Waals surface area contributed by atoms with Crippen LogP contribution in [0.5, 0.6) is 0 Å². The lowest BCUT2D eigenvalue weighted by atomic mass is 10.2. The predicted octanol–water partition coefficient (Wildman–Crippen LogP) is 3.20. The molecular formula is C16H27N3. The highest BCUT2D eigenvalue weighted by Gasteiger charge is 2.30. The molecule has 3 heteroatoms. The SMILES string of the molecule is CC(C)CN(c1ccc(CNC(C)C)cn1)C1CC1. The van der Waals surface area contributed by atoms with Crippen LogP contribution >= 0.6 is 0 Å². The van der Waals surface area contributed by atoms with Gasteiger partial charge in [-0.15, -0.1) is 0 Å². The lowest BCUT2D eigenvalue weighted by Crippen LogP contribution is -2.30. The van der Waals surface area contributed by atoms with E-state index in [4.69, 9.17) is 0 Å². The first-order valence-corrected chi connectivity index (χ1v) is 7.51. The third-order valence-corrected chi connectivity index (χ3v) is 3.37. The van der Waals surface area contributed by atoms with Crippen molar-refractivity contribution in [2.75, 3.05) is 11.4 Å². The van der Waals surface area contributed by atoms with Crippen LogP contribution in [0.1, 0.15) is 46.1 Å². The molecule has 0 atom stereocenters. The molecule has 0 aliphatic heterocycles. The van der Waals surface area contributed by atoms with Gasteiger partial charge in [-0.2, -0.15) is 0 Å². The molecule has 1 saturated carbocycles. The van der Waals surface area contributed by atoms with Crippen molar-refractivity contribution < 1.29 is 0 Å². The number of anilines is 1. The van der Waals surface area contributed by atoms with Crippen LogP contribution in [-0.4, -0.2) is 23.6 Å². The monoisotopic (exact) mass is 261 g/mol. The zero-order valence-electron chi connectivity index (χ0n) is 12.7. The summed E-state index contributed by atoms with van der Waals surface area (Å²) in [6.07, 6.45) is 4.66. The summed E-state index contributed by atoms with van der Waals surface area (Å²) in [5.74, 6) is 1.83. The van der Waals surface area contributed by atoms with Gasteiger partial charge < -0.3 is 10.2 Å². The van der Waals surface area contributed by atoms with Gasteiger partial charge in [0.15, 0.2) is 0 Å². The van der Waals surface area contributed by atoms with E-state index in [0.29, 0.717) is 12.0 Å². The highest BCUT2D eigenvalue weighted by Crippen LogP contribution is 2.31. The topological polar surface area (TPSA) is 28.2 Å². The van der Waals surface area contributed by atoms with Crippen molar-refractivity contribution in [1.82, 2.24) is 10.3 Å². The van der Waals surface area contributed by atoms with Crippen LogP contribution in [0.2, 0.25) is 0 Å². The molecule has 1 heterocycles. The molecule has 0 radical (unpaired) electrons. The molecule has 1 aromatic rings. The second-order valence-corrected chi connectivity index (χ2v) is 6.34. The average molecular weight is 261 g/mol. The molecule has 0 amide bonds. The molecule has 106 valence electrons. The first-order valence-electron chi connectivity index (χ1n) is 7.51. The fraction of sp³-hybridized carbons (Fsp3) is 0.688. The van der Waals surface area contributed by atoms with E-state index >= 15 is 0 Å². The van der Waals surface area contributed by atoms with Crippen LogP contribution in [-0.2, 0) is 6.54 Å². The fourth-order valence-electron chi connectivity index (χ4n) is 2.22. The van der Waals surface area contributed by atoms with Crippen molar-refractivity contribution >= 4 is 5.82 Å². The maximum absolute atomic E-state index is 4.66. The highest BCUT2D eigenvalue weighted by atomic mass is 15.2. The largest absolute Gasteiger partial charge is 0.353 e. The van der Waals surface area contributed by atoms with E-state index in [1.54, 1.807) is 0 Å². The smallest absolute Gasteiger partial charge is 0.128 e. The summed E-state index contributed by atoms with van der Waals surface area (Å²) in [5.41, 5.74) is 1.26. The number of nitrogens with one attached hydrogen (secondary N) is 1. The Hall–Kier alpha value is -1.09. The van der Waals surface area contributed by atoms with E-state index in [-0.39, 0.29) is 0 Å². The Kier molecular flexibility index (Phi) is 4.81. The predicted molar refractivity (Wildman–Crippen MR) is 81.4 cm³/mol. The third-order valence-electron chi connectivity index (χ3n) is 3.37. The minimum atomic E-state index is 0.517. The molecule has 1 aromatic heterocycles. The molecule has 1 fully saturated rings. The second-order valence-electron chi connectivity index (χ2n) is 6.34. The highest BCUT2D eigenvalue weighted by molar-refractivity contribution is 5.42. The second kappa shape index (κ2) is 6.38. The Labute approximate surface area is 117 Å². The number of hydrogen-bond donors (Lipinski definition) is 1. The summed E-state index contributed by atoms with van der Waals surface area (Å²) in [6.45, 7) is 10.9. The van der Waals surface area contributed by atoms with Gasteiger partial charge in [0.05, 0.1) is 0 Å². The maximum atomic E-state index is 4.66. The zero-order valence-corrected chi connectivity index (χ0v) is 12.7. The van der Waals surface area contributed by atoms with Gasteiger partial charge in [-0.25, -0.2) is 4.98 Å². The summed E-state index contributed by atoms with van der Waals surface area (Å²) in [5, 5.41) is 3.42. The molecule has 3 nitrogen and oxygen atoms in total. The summed E-state index contributed by atoms with van der Waals surface area (Å²) in [6, 6.07) is 5.63. The van der Waals surface area contributed by atoms with Gasteiger partial charge in [0.25, 0.3) is 0 Å². The number of aromatic nitrogens is 1. The lowest BCUT2D eigenvalue weighted by molar-refractivity contribution is 0.586. The van der Waals surface area contributed by atoms with Gasteiger partial charge in [0.1, 0.15) is 5.82 Å². The van der Waals surface area contributed by atoms with Crippen LogP contribution in [0.25, 0.3) is 0 Å². The lowest BCUT2D eigenvalue weighted by Gasteiger charge is -2.25. The molecule has 0 unspecified atom stereocenters. The summed E-state index contributed by atoms with van der Waals surface area (Å²) in [4.78, 5) is 7.13. The van der Waals surface area contributed by atoms with Gasteiger partial charge in [-0.3, -0.25) is 0 Å². The maximum Gasteiger partial charge on any atom is 0.128 e. The number of rotatable bonds is 7. The van der Waals surface area contributed by atoms with Gasteiger partial charge in [-0.05, 0) is 30.4 Å². The number of hydrogen-bond acceptors (Lipinski definition) is 3. The first-order chi connectivity index (χ1) is 9.06. The molecule has 1 aliphatic rings. The Morgan fingerprint density at radius 3 is 2.47 bits per heavy atom. The van der Waals surface area contributed by atoms with Gasteiger partial charge >= 0.3 is 0 Å². The molecule has 19 heavy (non-hydrogen) atoms. The molecule has 2 rings (SSSR count). The van der Waals surface area contributed by atoms with Crippen molar-refractivity contribution in [3.63, 3.8) is 0 Å². The fourth-order valence-corrected chi connectivity index (χ4v) is 2.22. The van der Waals surface area contributed by atoms with Crippen LogP contribution in [0.3, 0.4) is 0 Å². The summed E-state index contributed by atoms with van der Waals surface area (Å²) < 4.78 is 0. The van der Waals surface area contributed by atoms with Crippen LogP contribution in [0.4, 0.5) is 5.82 Å². The van der Waals surface area contributed by atoms with Crippen LogP contribution < -0.4 is 10.2 Å². The minimum absolute atomic E-state index is 0.517. The zero-order chi connectivity index (χ0) is 13.8. The van der Waals surface area contributed by atoms with E-state index in [1.165, 1.54) is 18.4 Å². The molecule has 0 bridgehead atoms. The van der Waals surface area contributed by atoms with Crippen molar-refractivity contribution in [2.45, 2.75) is 59.2 Å². The molecule has 1 N–H and O–H groups in total. The van der Waals surface area contributed by atoms with Gasteiger partial charge in [0, 0.05) is 31.4 Å². The molecule has 0 saturated heterocycles. The van der Waals surface area contributed by atoms with E-state index in [2.05, 4.69) is 55.0 Å². The summed E-state index contributed by atoms with van der Waals surface area (Å²) in [7, 11) is 0. The number of nitrogens with zero attached hydrogens (tertiary/aromatic N) is 2. The summed E-state index contributed by atoms with van der Waals surface area (Å²) >= 11 is 0. The van der Waals surface area contributed by atoms with Gasteiger partial charge in [0.2, 0.25) is 0 Å². The first kappa shape index (κ1) is 14.3. The van der Waals surface area contributed by atoms with Gasteiger partial charge in [-0.1, -0.05) is 33.8 Å². The minimum Gasteiger partial charge on any atom is -0.353 e. The molecule has 0 aromatic carbocycles. The molecule has 0 spiro atoms. The number of pyridine rings is 1. The average Bonchev–Trinajstić information content (AvgIpc) is 3.18. The van der Waals surface area contributed by atoms with E-state index in [1.807, 2.05) is 6.20 Å². The van der Waals surface area contributed by atoms with E-state index < -0.39 is 0 Å². The Bertz CT molecular complexity index is 379. The van der Waals surface area contributed by atoms with Crippen molar-refractivity contribution in [3.8, 4) is 0 Å².